The number of aromatic nitrogens is 1. The van der Waals surface area contributed by atoms with Crippen molar-refractivity contribution in [2.45, 2.75) is 13.5 Å². The molecule has 0 aliphatic heterocycles. The largest absolute Gasteiger partial charge is 0.343 e. The highest BCUT2D eigenvalue weighted by Gasteiger charge is 2.04. The van der Waals surface area contributed by atoms with Crippen LogP contribution in [-0.2, 0) is 6.54 Å². The maximum Gasteiger partial charge on any atom is 0.123 e. The van der Waals surface area contributed by atoms with Crippen molar-refractivity contribution in [1.29, 1.82) is 0 Å². The molecule has 0 bridgehead atoms. The molecular weight excluding hydrogens is 225 g/mol. The van der Waals surface area contributed by atoms with Gasteiger partial charge in [-0.15, -0.1) is 0 Å². The van der Waals surface area contributed by atoms with E-state index in [0.717, 1.165) is 12.1 Å². The Balaban J connectivity index is 2.02. The van der Waals surface area contributed by atoms with Crippen molar-refractivity contribution in [3.05, 3.63) is 71.7 Å². The molecule has 90 valence electrons. The molecule has 0 atom stereocenters. The normalized spacial score (nSPS) is 11.0. The van der Waals surface area contributed by atoms with Gasteiger partial charge in [0.2, 0.25) is 0 Å². The highest BCUT2D eigenvalue weighted by molar-refractivity contribution is 5.83. The Kier molecular flexibility index (Phi) is 2.63. The maximum absolute atomic E-state index is 12.9. The summed E-state index contributed by atoms with van der Waals surface area (Å²) in [6.07, 6.45) is 2.15. The summed E-state index contributed by atoms with van der Waals surface area (Å²) in [6.45, 7) is 2.89. The van der Waals surface area contributed by atoms with E-state index in [-0.39, 0.29) is 5.82 Å². The van der Waals surface area contributed by atoms with Crippen molar-refractivity contribution >= 4 is 10.9 Å². The number of benzene rings is 2. The molecule has 0 aliphatic carbocycles. The van der Waals surface area contributed by atoms with Gasteiger partial charge < -0.3 is 4.57 Å². The lowest BCUT2D eigenvalue weighted by atomic mass is 10.2. The highest BCUT2D eigenvalue weighted by Crippen LogP contribution is 2.21. The molecule has 1 heterocycles. The third-order valence-electron chi connectivity index (χ3n) is 3.25. The van der Waals surface area contributed by atoms with Crippen LogP contribution >= 0.6 is 0 Å². The molecule has 2 aromatic carbocycles. The summed E-state index contributed by atoms with van der Waals surface area (Å²) < 4.78 is 15.1. The predicted octanol–water partition coefficient (Wildman–Crippen LogP) is 4.14. The molecule has 0 amide bonds. The maximum atomic E-state index is 12.9. The minimum atomic E-state index is -0.188. The van der Waals surface area contributed by atoms with E-state index in [2.05, 4.69) is 35.9 Å². The minimum absolute atomic E-state index is 0.188. The molecule has 0 saturated carbocycles. The Morgan fingerprint density at radius 1 is 1.00 bits per heavy atom. The first-order valence-corrected chi connectivity index (χ1v) is 6.03. The van der Waals surface area contributed by atoms with E-state index in [9.17, 15) is 4.39 Å². The fourth-order valence-corrected chi connectivity index (χ4v) is 2.35. The average Bonchev–Trinajstić information content (AvgIpc) is 2.70. The van der Waals surface area contributed by atoms with Gasteiger partial charge >= 0.3 is 0 Å². The average molecular weight is 239 g/mol. The summed E-state index contributed by atoms with van der Waals surface area (Å²) in [5.41, 5.74) is 3.60. The molecule has 0 saturated heterocycles. The van der Waals surface area contributed by atoms with E-state index in [1.165, 1.54) is 28.6 Å². The van der Waals surface area contributed by atoms with Gasteiger partial charge in [0.15, 0.2) is 0 Å². The Morgan fingerprint density at radius 3 is 2.50 bits per heavy atom. The van der Waals surface area contributed by atoms with Crippen LogP contribution in [0, 0.1) is 12.7 Å². The lowest BCUT2D eigenvalue weighted by Gasteiger charge is -2.05. The van der Waals surface area contributed by atoms with E-state index in [0.29, 0.717) is 0 Å². The van der Waals surface area contributed by atoms with Crippen LogP contribution in [0.3, 0.4) is 0 Å². The van der Waals surface area contributed by atoms with E-state index < -0.39 is 0 Å². The molecule has 1 aromatic heterocycles. The zero-order valence-electron chi connectivity index (χ0n) is 10.2. The van der Waals surface area contributed by atoms with Gasteiger partial charge in [0, 0.05) is 23.6 Å². The number of fused-ring (bicyclic) bond motifs is 1. The van der Waals surface area contributed by atoms with Crippen LogP contribution in [0.2, 0.25) is 0 Å². The Labute approximate surface area is 105 Å². The summed E-state index contributed by atoms with van der Waals surface area (Å²) in [7, 11) is 0. The molecule has 0 N–H and O–H groups in total. The van der Waals surface area contributed by atoms with Crippen LogP contribution in [0.25, 0.3) is 10.9 Å². The number of rotatable bonds is 2. The lowest BCUT2D eigenvalue weighted by molar-refractivity contribution is 0.626. The smallest absolute Gasteiger partial charge is 0.123 e. The molecule has 0 radical (unpaired) electrons. The van der Waals surface area contributed by atoms with Crippen molar-refractivity contribution in [3.63, 3.8) is 0 Å². The molecule has 0 spiro atoms. The van der Waals surface area contributed by atoms with Crippen LogP contribution in [0.15, 0.2) is 54.7 Å². The van der Waals surface area contributed by atoms with E-state index in [1.807, 2.05) is 18.2 Å². The number of nitrogens with zero attached hydrogens (tertiary/aromatic N) is 1. The summed E-state index contributed by atoms with van der Waals surface area (Å²) >= 11 is 0. The molecule has 0 aliphatic rings. The predicted molar refractivity (Wildman–Crippen MR) is 72.2 cm³/mol. The lowest BCUT2D eigenvalue weighted by Crippen LogP contribution is -1.97. The highest BCUT2D eigenvalue weighted by atomic mass is 19.1. The van der Waals surface area contributed by atoms with Gasteiger partial charge in [-0.1, -0.05) is 30.3 Å². The van der Waals surface area contributed by atoms with Crippen LogP contribution in [-0.4, -0.2) is 4.57 Å². The van der Waals surface area contributed by atoms with Gasteiger partial charge in [0.25, 0.3) is 0 Å². The molecule has 0 fully saturated rings. The van der Waals surface area contributed by atoms with E-state index >= 15 is 0 Å². The molecule has 3 rings (SSSR count). The summed E-state index contributed by atoms with van der Waals surface area (Å²) in [5.74, 6) is -0.188. The van der Waals surface area contributed by atoms with Gasteiger partial charge in [-0.25, -0.2) is 4.39 Å². The zero-order valence-corrected chi connectivity index (χ0v) is 10.2. The van der Waals surface area contributed by atoms with Crippen LogP contribution in [0.4, 0.5) is 4.39 Å². The van der Waals surface area contributed by atoms with Crippen LogP contribution in [0.1, 0.15) is 11.1 Å². The first-order chi connectivity index (χ1) is 8.74. The third kappa shape index (κ3) is 1.90. The van der Waals surface area contributed by atoms with E-state index in [4.69, 9.17) is 0 Å². The fraction of sp³-hybridized carbons (Fsp3) is 0.125. The third-order valence-corrected chi connectivity index (χ3v) is 3.25. The Hall–Kier alpha value is -2.09. The van der Waals surface area contributed by atoms with Crippen molar-refractivity contribution in [1.82, 2.24) is 4.57 Å². The minimum Gasteiger partial charge on any atom is -0.343 e. The second kappa shape index (κ2) is 4.30. The van der Waals surface area contributed by atoms with Crippen molar-refractivity contribution in [3.8, 4) is 0 Å². The van der Waals surface area contributed by atoms with E-state index in [1.54, 1.807) is 0 Å². The topological polar surface area (TPSA) is 4.93 Å². The van der Waals surface area contributed by atoms with Crippen LogP contribution in [0.5, 0.6) is 0 Å². The first-order valence-electron chi connectivity index (χ1n) is 6.03. The summed E-state index contributed by atoms with van der Waals surface area (Å²) in [6, 6.07) is 15.0. The monoisotopic (exact) mass is 239 g/mol. The Morgan fingerprint density at radius 2 is 1.72 bits per heavy atom. The fourth-order valence-electron chi connectivity index (χ4n) is 2.35. The zero-order chi connectivity index (χ0) is 12.5. The number of hydrogen-bond acceptors (Lipinski definition) is 0. The van der Waals surface area contributed by atoms with Crippen molar-refractivity contribution in [2.75, 3.05) is 0 Å². The SMILES string of the molecule is Cc1cn(Cc2ccc(F)cc2)c2ccccc12. The second-order valence-corrected chi connectivity index (χ2v) is 4.58. The standard InChI is InChI=1S/C16H14FN/c1-12-10-18(16-5-3-2-4-15(12)16)11-13-6-8-14(17)9-7-13/h2-10H,11H2,1H3. The summed E-state index contributed by atoms with van der Waals surface area (Å²) in [5, 5.41) is 1.28. The van der Waals surface area contributed by atoms with Crippen molar-refractivity contribution < 1.29 is 4.39 Å². The quantitative estimate of drug-likeness (QED) is 0.633. The first kappa shape index (κ1) is 11.0. The number of para-hydroxylation sites is 1. The molecule has 0 unspecified atom stereocenters. The molecular formula is C16H14FN. The van der Waals surface area contributed by atoms with Crippen molar-refractivity contribution in [2.24, 2.45) is 0 Å². The van der Waals surface area contributed by atoms with Gasteiger partial charge in [0.05, 0.1) is 0 Å². The number of aryl methyl sites for hydroxylation is 1. The van der Waals surface area contributed by atoms with Gasteiger partial charge in [-0.2, -0.15) is 0 Å². The Bertz CT molecular complexity index is 680. The molecule has 3 aromatic rings. The van der Waals surface area contributed by atoms with Crippen LogP contribution < -0.4 is 0 Å². The molecule has 1 nitrogen and oxygen atoms in total. The van der Waals surface area contributed by atoms with Gasteiger partial charge in [-0.05, 0) is 36.2 Å². The van der Waals surface area contributed by atoms with Gasteiger partial charge in [-0.3, -0.25) is 0 Å². The van der Waals surface area contributed by atoms with Gasteiger partial charge in [0.1, 0.15) is 5.82 Å². The number of hydrogen-bond donors (Lipinski definition) is 0. The second-order valence-electron chi connectivity index (χ2n) is 4.58. The number of halogens is 1. The molecule has 18 heavy (non-hydrogen) atoms. The summed E-state index contributed by atoms with van der Waals surface area (Å²) in [4.78, 5) is 0. The molecule has 2 heteroatoms.